The van der Waals surface area contributed by atoms with Crippen molar-refractivity contribution in [2.24, 2.45) is 5.11 Å². The Morgan fingerprint density at radius 3 is 3.10 bits per heavy atom. The van der Waals surface area contributed by atoms with Gasteiger partial charge in [-0.1, -0.05) is 11.2 Å². The van der Waals surface area contributed by atoms with Crippen molar-refractivity contribution < 1.29 is 9.59 Å². The summed E-state index contributed by atoms with van der Waals surface area (Å²) in [4.78, 5) is 30.8. The Balaban J connectivity index is 1.48. The normalized spacial score (nSPS) is 12.7. The number of pyridine rings is 1. The number of azide groups is 1. The molecule has 31 heavy (non-hydrogen) atoms. The maximum Gasteiger partial charge on any atom is 0.248 e. The van der Waals surface area contributed by atoms with Crippen LogP contribution >= 0.6 is 0 Å². The highest BCUT2D eigenvalue weighted by Gasteiger charge is 2.15. The quantitative estimate of drug-likeness (QED) is 0.274. The number of carbonyl (C=O) groups is 2. The van der Waals surface area contributed by atoms with E-state index in [0.717, 1.165) is 27.9 Å². The number of nitrogens with one attached hydrogen (secondary N) is 2. The molecule has 2 N–H and O–H groups in total. The molecule has 1 aliphatic rings. The van der Waals surface area contributed by atoms with Crippen molar-refractivity contribution in [3.05, 3.63) is 76.7 Å². The summed E-state index contributed by atoms with van der Waals surface area (Å²) in [5.74, 6) is -0.335. The Hall–Kier alpha value is -4.43. The minimum atomic E-state index is -0.309. The van der Waals surface area contributed by atoms with Crippen LogP contribution in [-0.4, -0.2) is 26.6 Å². The maximum atomic E-state index is 12.4. The molecule has 0 spiro atoms. The highest BCUT2D eigenvalue weighted by atomic mass is 16.2. The van der Waals surface area contributed by atoms with Crippen LogP contribution in [0.25, 0.3) is 27.6 Å². The molecule has 0 radical (unpaired) electrons. The SMILES string of the molecule is [N-]=[N+]=NCn1cc(-c2ccncc2/C=C/C(=O)Nc2ccc3c(c2)NC(=O)CC3)cn1. The lowest BCUT2D eigenvalue weighted by Gasteiger charge is -2.17. The number of rotatable bonds is 6. The minimum Gasteiger partial charge on any atom is -0.326 e. The van der Waals surface area contributed by atoms with Crippen LogP contribution in [0.5, 0.6) is 0 Å². The maximum absolute atomic E-state index is 12.4. The van der Waals surface area contributed by atoms with E-state index in [1.807, 2.05) is 18.2 Å². The molecule has 0 atom stereocenters. The first-order valence-electron chi connectivity index (χ1n) is 9.52. The van der Waals surface area contributed by atoms with Gasteiger partial charge in [0.2, 0.25) is 11.8 Å². The van der Waals surface area contributed by atoms with Crippen molar-refractivity contribution >= 4 is 29.3 Å². The van der Waals surface area contributed by atoms with Crippen LogP contribution in [0.15, 0.2) is 60.2 Å². The number of aromatic nitrogens is 3. The molecule has 2 amide bonds. The number of benzene rings is 1. The van der Waals surface area contributed by atoms with Crippen LogP contribution in [-0.2, 0) is 22.7 Å². The molecular formula is C21H18N8O2. The van der Waals surface area contributed by atoms with Gasteiger partial charge < -0.3 is 10.6 Å². The molecule has 10 nitrogen and oxygen atoms in total. The van der Waals surface area contributed by atoms with Crippen molar-refractivity contribution in [3.63, 3.8) is 0 Å². The third-order valence-corrected chi connectivity index (χ3v) is 4.75. The zero-order valence-electron chi connectivity index (χ0n) is 16.4. The van der Waals surface area contributed by atoms with Gasteiger partial charge in [-0.2, -0.15) is 5.10 Å². The van der Waals surface area contributed by atoms with E-state index in [9.17, 15) is 9.59 Å². The topological polar surface area (TPSA) is 138 Å². The number of anilines is 2. The largest absolute Gasteiger partial charge is 0.326 e. The molecule has 0 saturated heterocycles. The van der Waals surface area contributed by atoms with Gasteiger partial charge in [0.15, 0.2) is 0 Å². The van der Waals surface area contributed by atoms with E-state index in [1.54, 1.807) is 36.9 Å². The number of hydrogen-bond donors (Lipinski definition) is 2. The first kappa shape index (κ1) is 19.9. The lowest BCUT2D eigenvalue weighted by Crippen LogP contribution is -2.19. The number of carbonyl (C=O) groups excluding carboxylic acids is 2. The lowest BCUT2D eigenvalue weighted by atomic mass is 10.0. The molecule has 0 fully saturated rings. The Morgan fingerprint density at radius 1 is 1.32 bits per heavy atom. The van der Waals surface area contributed by atoms with Gasteiger partial charge >= 0.3 is 0 Å². The predicted molar refractivity (Wildman–Crippen MR) is 116 cm³/mol. The van der Waals surface area contributed by atoms with Gasteiger partial charge in [-0.05, 0) is 47.4 Å². The summed E-state index contributed by atoms with van der Waals surface area (Å²) in [6, 6.07) is 7.29. The number of amides is 2. The third-order valence-electron chi connectivity index (χ3n) is 4.75. The fourth-order valence-corrected chi connectivity index (χ4v) is 3.27. The average Bonchev–Trinajstić information content (AvgIpc) is 3.25. The van der Waals surface area contributed by atoms with Gasteiger partial charge in [0.05, 0.1) is 6.20 Å². The molecule has 3 heterocycles. The molecule has 2 aromatic heterocycles. The van der Waals surface area contributed by atoms with Gasteiger partial charge in [-0.3, -0.25) is 19.3 Å². The monoisotopic (exact) mass is 414 g/mol. The van der Waals surface area contributed by atoms with Crippen LogP contribution < -0.4 is 10.6 Å². The first-order chi connectivity index (χ1) is 15.1. The molecule has 0 saturated carbocycles. The van der Waals surface area contributed by atoms with E-state index >= 15 is 0 Å². The van der Waals surface area contributed by atoms with Gasteiger partial charge in [0.25, 0.3) is 0 Å². The van der Waals surface area contributed by atoms with Gasteiger partial charge in [0.1, 0.15) is 6.67 Å². The molecule has 1 aliphatic heterocycles. The Kier molecular flexibility index (Phi) is 5.72. The fraction of sp³-hybridized carbons (Fsp3) is 0.143. The van der Waals surface area contributed by atoms with E-state index in [2.05, 4.69) is 30.7 Å². The van der Waals surface area contributed by atoms with Crippen LogP contribution in [0.3, 0.4) is 0 Å². The minimum absolute atomic E-state index is 0.0253. The molecule has 0 bridgehead atoms. The Labute approximate surface area is 177 Å². The second-order valence-corrected chi connectivity index (χ2v) is 6.85. The van der Waals surface area contributed by atoms with Crippen molar-refractivity contribution in [2.75, 3.05) is 10.6 Å². The van der Waals surface area contributed by atoms with Crippen molar-refractivity contribution in [2.45, 2.75) is 19.5 Å². The van der Waals surface area contributed by atoms with E-state index < -0.39 is 0 Å². The summed E-state index contributed by atoms with van der Waals surface area (Å²) in [5, 5.41) is 13.3. The Bertz CT molecular complexity index is 1220. The summed E-state index contributed by atoms with van der Waals surface area (Å²) in [6.45, 7) is 0.0936. The standard InChI is InChI=1S/C21H18N8O2/c22-28-24-13-29-12-16(11-25-29)18-7-8-23-10-15(18)3-6-20(30)26-17-4-1-14-2-5-21(31)27-19(14)9-17/h1,3-4,6-12H,2,5,13H2,(H,26,30)(H,27,31)/b6-3+. The third kappa shape index (κ3) is 4.77. The van der Waals surface area contributed by atoms with E-state index in [1.165, 1.54) is 10.8 Å². The molecule has 0 aliphatic carbocycles. The number of nitrogens with zero attached hydrogens (tertiary/aromatic N) is 6. The van der Waals surface area contributed by atoms with E-state index in [-0.39, 0.29) is 18.5 Å². The second kappa shape index (κ2) is 8.93. The highest BCUT2D eigenvalue weighted by molar-refractivity contribution is 6.03. The lowest BCUT2D eigenvalue weighted by molar-refractivity contribution is -0.116. The van der Waals surface area contributed by atoms with Gasteiger partial charge in [0, 0.05) is 58.5 Å². The molecule has 3 aromatic rings. The van der Waals surface area contributed by atoms with Crippen LogP contribution in [0.1, 0.15) is 17.5 Å². The van der Waals surface area contributed by atoms with Gasteiger partial charge in [-0.25, -0.2) is 0 Å². The zero-order valence-corrected chi connectivity index (χ0v) is 16.4. The zero-order chi connectivity index (χ0) is 21.6. The summed E-state index contributed by atoms with van der Waals surface area (Å²) >= 11 is 0. The molecule has 1 aromatic carbocycles. The number of fused-ring (bicyclic) bond motifs is 1. The van der Waals surface area contributed by atoms with Gasteiger partial charge in [-0.15, -0.1) is 0 Å². The van der Waals surface area contributed by atoms with Crippen molar-refractivity contribution in [1.29, 1.82) is 0 Å². The summed E-state index contributed by atoms with van der Waals surface area (Å²) in [5.41, 5.74) is 13.2. The first-order valence-corrected chi connectivity index (χ1v) is 9.52. The molecule has 154 valence electrons. The summed E-state index contributed by atoms with van der Waals surface area (Å²) in [6.07, 6.45) is 11.0. The van der Waals surface area contributed by atoms with Crippen LogP contribution in [0, 0.1) is 0 Å². The summed E-state index contributed by atoms with van der Waals surface area (Å²) in [7, 11) is 0. The predicted octanol–water partition coefficient (Wildman–Crippen LogP) is 3.75. The van der Waals surface area contributed by atoms with E-state index in [0.29, 0.717) is 18.5 Å². The van der Waals surface area contributed by atoms with E-state index in [4.69, 9.17) is 5.53 Å². The average molecular weight is 414 g/mol. The highest BCUT2D eigenvalue weighted by Crippen LogP contribution is 2.26. The summed E-state index contributed by atoms with van der Waals surface area (Å²) < 4.78 is 1.52. The molecular weight excluding hydrogens is 396 g/mol. The fourth-order valence-electron chi connectivity index (χ4n) is 3.27. The molecule has 4 rings (SSSR count). The van der Waals surface area contributed by atoms with Crippen LogP contribution in [0.2, 0.25) is 0 Å². The smallest absolute Gasteiger partial charge is 0.248 e. The molecule has 10 heteroatoms. The molecule has 0 unspecified atom stereocenters. The van der Waals surface area contributed by atoms with Crippen molar-refractivity contribution in [3.8, 4) is 11.1 Å². The number of aryl methyl sites for hydroxylation is 1. The Morgan fingerprint density at radius 2 is 2.23 bits per heavy atom. The number of hydrogen-bond acceptors (Lipinski definition) is 5. The second-order valence-electron chi connectivity index (χ2n) is 6.85. The van der Waals surface area contributed by atoms with Crippen molar-refractivity contribution in [1.82, 2.24) is 14.8 Å². The van der Waals surface area contributed by atoms with Crippen LogP contribution in [0.4, 0.5) is 11.4 Å².